The fraction of sp³-hybridized carbons (Fsp3) is 0.522. The largest absolute Gasteiger partial charge is 0.320 e. The van der Waals surface area contributed by atoms with Crippen molar-refractivity contribution in [2.24, 2.45) is 23.5 Å². The summed E-state index contributed by atoms with van der Waals surface area (Å²) < 4.78 is 14.7. The second kappa shape index (κ2) is 7.17. The van der Waals surface area contributed by atoms with Gasteiger partial charge in [0.15, 0.2) is 0 Å². The van der Waals surface area contributed by atoms with Gasteiger partial charge in [-0.1, -0.05) is 0 Å². The first-order valence-corrected chi connectivity index (χ1v) is 10.7. The monoisotopic (exact) mass is 394 g/mol. The second-order valence-corrected chi connectivity index (χ2v) is 8.98. The minimum atomic E-state index is -0.607. The van der Waals surface area contributed by atoms with Crippen LogP contribution in [0.3, 0.4) is 0 Å². The van der Waals surface area contributed by atoms with E-state index in [-0.39, 0.29) is 17.6 Å². The molecule has 5 rings (SSSR count). The highest BCUT2D eigenvalue weighted by atomic mass is 19.1. The van der Waals surface area contributed by atoms with E-state index in [2.05, 4.69) is 15.3 Å². The first-order valence-electron chi connectivity index (χ1n) is 10.7. The average molecular weight is 394 g/mol. The summed E-state index contributed by atoms with van der Waals surface area (Å²) in [6.07, 6.45) is 8.68. The summed E-state index contributed by atoms with van der Waals surface area (Å²) in [5, 5.41) is 2.73. The summed E-state index contributed by atoms with van der Waals surface area (Å²) in [5.74, 6) is 1.28. The fourth-order valence-electron chi connectivity index (χ4n) is 4.54. The molecule has 0 unspecified atom stereocenters. The van der Waals surface area contributed by atoms with Crippen LogP contribution in [0.2, 0.25) is 0 Å². The zero-order chi connectivity index (χ0) is 20.1. The maximum absolute atomic E-state index is 14.7. The fourth-order valence-corrected chi connectivity index (χ4v) is 4.54. The molecule has 3 N–H and O–H groups in total. The van der Waals surface area contributed by atoms with Crippen molar-refractivity contribution >= 4 is 11.7 Å². The molecule has 0 aromatic carbocycles. The van der Waals surface area contributed by atoms with Crippen molar-refractivity contribution in [1.82, 2.24) is 9.97 Å². The van der Waals surface area contributed by atoms with Crippen LogP contribution in [0.1, 0.15) is 55.7 Å². The van der Waals surface area contributed by atoms with Crippen LogP contribution in [0.25, 0.3) is 11.1 Å². The van der Waals surface area contributed by atoms with Crippen molar-refractivity contribution in [1.29, 1.82) is 0 Å². The highest BCUT2D eigenvalue weighted by Crippen LogP contribution is 2.50. The minimum absolute atomic E-state index is 0.208. The molecule has 1 atom stereocenters. The number of nitrogens with two attached hydrogens (primary N) is 1. The summed E-state index contributed by atoms with van der Waals surface area (Å²) in [6.45, 7) is 1.99. The van der Waals surface area contributed by atoms with Crippen molar-refractivity contribution in [3.05, 3.63) is 41.6 Å². The number of nitrogens with zero attached hydrogens (tertiary/aromatic N) is 2. The molecule has 152 valence electrons. The van der Waals surface area contributed by atoms with Crippen molar-refractivity contribution in [2.45, 2.75) is 57.4 Å². The normalized spacial score (nSPS) is 20.0. The molecule has 0 bridgehead atoms. The van der Waals surface area contributed by atoms with Gasteiger partial charge >= 0.3 is 0 Å². The highest BCUT2D eigenvalue weighted by molar-refractivity contribution is 5.94. The van der Waals surface area contributed by atoms with Crippen LogP contribution in [-0.2, 0) is 4.79 Å². The number of pyridine rings is 2. The smallest absolute Gasteiger partial charge is 0.242 e. The van der Waals surface area contributed by atoms with E-state index in [1.54, 1.807) is 18.3 Å². The quantitative estimate of drug-likeness (QED) is 0.691. The maximum atomic E-state index is 14.7. The van der Waals surface area contributed by atoms with Gasteiger partial charge in [-0.05, 0) is 92.9 Å². The first kappa shape index (κ1) is 18.7. The zero-order valence-corrected chi connectivity index (χ0v) is 16.7. The molecule has 3 saturated carbocycles. The second-order valence-electron chi connectivity index (χ2n) is 8.98. The molecule has 6 heteroatoms. The number of halogens is 1. The molecule has 0 spiro atoms. The van der Waals surface area contributed by atoms with Gasteiger partial charge in [0.2, 0.25) is 11.9 Å². The van der Waals surface area contributed by atoms with Gasteiger partial charge in [0.1, 0.15) is 5.82 Å². The van der Waals surface area contributed by atoms with Gasteiger partial charge in [-0.25, -0.2) is 4.98 Å². The highest BCUT2D eigenvalue weighted by Gasteiger charge is 2.46. The Labute approximate surface area is 170 Å². The average Bonchev–Trinajstić information content (AvgIpc) is 3.55. The van der Waals surface area contributed by atoms with Gasteiger partial charge in [-0.3, -0.25) is 9.78 Å². The number of rotatable bonds is 7. The molecule has 3 aliphatic carbocycles. The zero-order valence-electron chi connectivity index (χ0n) is 16.7. The predicted octanol–water partition coefficient (Wildman–Crippen LogP) is 4.17. The van der Waals surface area contributed by atoms with Crippen LogP contribution in [0.15, 0.2) is 24.4 Å². The number of hydrogen-bond donors (Lipinski definition) is 2. The number of anilines is 1. The molecule has 0 radical (unpaired) electrons. The van der Waals surface area contributed by atoms with Gasteiger partial charge in [0.05, 0.1) is 6.04 Å². The van der Waals surface area contributed by atoms with E-state index in [4.69, 9.17) is 5.73 Å². The van der Waals surface area contributed by atoms with E-state index in [1.165, 1.54) is 18.4 Å². The third-order valence-electron chi connectivity index (χ3n) is 6.60. The predicted molar refractivity (Wildman–Crippen MR) is 110 cm³/mol. The maximum Gasteiger partial charge on any atom is 0.242 e. The summed E-state index contributed by atoms with van der Waals surface area (Å²) >= 11 is 0. The number of carbonyl (C=O) groups is 1. The summed E-state index contributed by atoms with van der Waals surface area (Å²) in [6, 6.07) is 4.76. The third kappa shape index (κ3) is 3.90. The van der Waals surface area contributed by atoms with E-state index < -0.39 is 12.0 Å². The van der Waals surface area contributed by atoms with Gasteiger partial charge in [0.25, 0.3) is 0 Å². The molecular formula is C23H27FN4O. The molecule has 2 heterocycles. The molecule has 0 aliphatic heterocycles. The van der Waals surface area contributed by atoms with Crippen LogP contribution >= 0.6 is 0 Å². The lowest BCUT2D eigenvalue weighted by Crippen LogP contribution is -2.44. The Bertz CT molecular complexity index is 938. The lowest BCUT2D eigenvalue weighted by molar-refractivity contribution is -0.118. The molecule has 1 amide bonds. The van der Waals surface area contributed by atoms with Crippen LogP contribution in [0, 0.1) is 30.6 Å². The summed E-state index contributed by atoms with van der Waals surface area (Å²) in [7, 11) is 0. The molecule has 0 saturated heterocycles. The Morgan fingerprint density at radius 1 is 1.17 bits per heavy atom. The standard InChI is InChI=1S/C23H27FN4O/c1-12-18(13-2-3-13)10-16(11-26-12)17-8-9-19(27-22(17)24)28-23(29)21(25)20(14-4-5-14)15-6-7-15/h8-11,13-15,20-21H,2-7,25H2,1H3,(H,27,28,29)/t21-/m0/s1. The molecule has 29 heavy (non-hydrogen) atoms. The Kier molecular flexibility index (Phi) is 4.62. The Morgan fingerprint density at radius 3 is 2.45 bits per heavy atom. The molecule has 3 fully saturated rings. The van der Waals surface area contributed by atoms with Gasteiger partial charge in [-0.15, -0.1) is 0 Å². The lowest BCUT2D eigenvalue weighted by atomic mass is 9.89. The van der Waals surface area contributed by atoms with Crippen molar-refractivity contribution in [3.8, 4) is 11.1 Å². The van der Waals surface area contributed by atoms with Gasteiger partial charge < -0.3 is 11.1 Å². The Hall–Kier alpha value is -2.34. The molecule has 5 nitrogen and oxygen atoms in total. The Morgan fingerprint density at radius 2 is 1.86 bits per heavy atom. The third-order valence-corrected chi connectivity index (χ3v) is 6.60. The van der Waals surface area contributed by atoms with Crippen LogP contribution in [-0.4, -0.2) is 21.9 Å². The lowest BCUT2D eigenvalue weighted by Gasteiger charge is -2.22. The topological polar surface area (TPSA) is 80.9 Å². The van der Waals surface area contributed by atoms with E-state index >= 15 is 0 Å². The number of nitrogens with one attached hydrogen (secondary N) is 1. The van der Waals surface area contributed by atoms with E-state index in [1.807, 2.05) is 13.0 Å². The molecular weight excluding hydrogens is 367 g/mol. The first-order chi connectivity index (χ1) is 14.0. The number of aryl methyl sites for hydroxylation is 1. The van der Waals surface area contributed by atoms with Gasteiger partial charge in [0, 0.05) is 23.0 Å². The van der Waals surface area contributed by atoms with Gasteiger partial charge in [-0.2, -0.15) is 4.39 Å². The van der Waals surface area contributed by atoms with Crippen molar-refractivity contribution < 1.29 is 9.18 Å². The van der Waals surface area contributed by atoms with Crippen molar-refractivity contribution in [2.75, 3.05) is 5.32 Å². The van der Waals surface area contributed by atoms with E-state index in [9.17, 15) is 9.18 Å². The number of carbonyl (C=O) groups excluding carboxylic acids is 1. The SMILES string of the molecule is Cc1ncc(-c2ccc(NC(=O)[C@@H](N)C(C3CC3)C3CC3)nc2F)cc1C1CC1. The minimum Gasteiger partial charge on any atom is -0.320 e. The van der Waals surface area contributed by atoms with Crippen molar-refractivity contribution in [3.63, 3.8) is 0 Å². The number of aromatic nitrogens is 2. The summed E-state index contributed by atoms with van der Waals surface area (Å²) in [4.78, 5) is 21.1. The van der Waals surface area contributed by atoms with Crippen LogP contribution in [0.5, 0.6) is 0 Å². The summed E-state index contributed by atoms with van der Waals surface area (Å²) in [5.41, 5.74) is 9.59. The number of amides is 1. The van der Waals surface area contributed by atoms with E-state index in [0.717, 1.165) is 36.9 Å². The number of hydrogen-bond acceptors (Lipinski definition) is 4. The molecule has 2 aromatic rings. The Balaban J connectivity index is 1.32. The van der Waals surface area contributed by atoms with Crippen LogP contribution in [0.4, 0.5) is 10.2 Å². The molecule has 3 aliphatic rings. The van der Waals surface area contributed by atoms with Crippen LogP contribution < -0.4 is 11.1 Å². The molecule has 2 aromatic heterocycles. The van der Waals surface area contributed by atoms with E-state index in [0.29, 0.717) is 23.3 Å².